The lowest BCUT2D eigenvalue weighted by Gasteiger charge is -2.29. The molecular formula is C19H22N4O. The maximum Gasteiger partial charge on any atom is 0.250 e. The van der Waals surface area contributed by atoms with Gasteiger partial charge < -0.3 is 11.1 Å². The molecule has 1 amide bonds. The van der Waals surface area contributed by atoms with Crippen molar-refractivity contribution in [3.8, 4) is 0 Å². The van der Waals surface area contributed by atoms with E-state index in [9.17, 15) is 4.79 Å². The van der Waals surface area contributed by atoms with Gasteiger partial charge in [-0.3, -0.25) is 4.79 Å². The molecule has 4 rings (SSSR count). The monoisotopic (exact) mass is 322 g/mol. The molecule has 1 unspecified atom stereocenters. The number of amides is 1. The second kappa shape index (κ2) is 6.24. The summed E-state index contributed by atoms with van der Waals surface area (Å²) >= 11 is 0. The first-order valence-corrected chi connectivity index (χ1v) is 8.60. The average molecular weight is 322 g/mol. The Morgan fingerprint density at radius 1 is 1.38 bits per heavy atom. The van der Waals surface area contributed by atoms with Crippen molar-refractivity contribution in [2.24, 2.45) is 17.6 Å². The summed E-state index contributed by atoms with van der Waals surface area (Å²) < 4.78 is 1.85. The average Bonchev–Trinajstić information content (AvgIpc) is 3.06. The topological polar surface area (TPSA) is 72.9 Å². The molecule has 0 bridgehead atoms. The minimum absolute atomic E-state index is 0.441. The van der Waals surface area contributed by atoms with Crippen LogP contribution in [0.15, 0.2) is 42.6 Å². The second-order valence-corrected chi connectivity index (χ2v) is 6.68. The molecule has 0 spiro atoms. The number of benzene rings is 1. The maximum atomic E-state index is 11.6. The fourth-order valence-corrected chi connectivity index (χ4v) is 3.77. The Kier molecular flexibility index (Phi) is 3.94. The highest BCUT2D eigenvalue weighted by Crippen LogP contribution is 2.30. The number of aromatic nitrogens is 2. The summed E-state index contributed by atoms with van der Waals surface area (Å²) in [5, 5.41) is 9.00. The van der Waals surface area contributed by atoms with Crippen LogP contribution in [0.4, 0.5) is 0 Å². The number of rotatable bonds is 3. The predicted molar refractivity (Wildman–Crippen MR) is 95.4 cm³/mol. The van der Waals surface area contributed by atoms with E-state index in [1.807, 2.05) is 23.0 Å². The predicted octanol–water partition coefficient (Wildman–Crippen LogP) is 2.55. The zero-order chi connectivity index (χ0) is 16.5. The van der Waals surface area contributed by atoms with Crippen molar-refractivity contribution >= 4 is 22.5 Å². The quantitative estimate of drug-likeness (QED) is 0.912. The number of nitrogens with zero attached hydrogens (tertiary/aromatic N) is 2. The van der Waals surface area contributed by atoms with Crippen molar-refractivity contribution in [1.29, 1.82) is 0 Å². The summed E-state index contributed by atoms with van der Waals surface area (Å²) in [5.41, 5.74) is 7.64. The van der Waals surface area contributed by atoms with E-state index in [2.05, 4.69) is 28.6 Å². The van der Waals surface area contributed by atoms with E-state index in [0.29, 0.717) is 17.0 Å². The Balaban J connectivity index is 1.58. The van der Waals surface area contributed by atoms with Crippen LogP contribution in [0.2, 0.25) is 0 Å². The molecule has 1 aliphatic heterocycles. The molecule has 1 aliphatic carbocycles. The van der Waals surface area contributed by atoms with E-state index in [1.165, 1.54) is 12.8 Å². The number of primary amides is 1. The Morgan fingerprint density at radius 2 is 2.29 bits per heavy atom. The van der Waals surface area contributed by atoms with Gasteiger partial charge in [-0.05, 0) is 56.3 Å². The molecule has 124 valence electrons. The molecule has 3 N–H and O–H groups in total. The van der Waals surface area contributed by atoms with Crippen LogP contribution in [0.5, 0.6) is 0 Å². The van der Waals surface area contributed by atoms with Crippen LogP contribution in [0, 0.1) is 11.8 Å². The fourth-order valence-electron chi connectivity index (χ4n) is 3.77. The van der Waals surface area contributed by atoms with Gasteiger partial charge in [0.1, 0.15) is 5.52 Å². The zero-order valence-electron chi connectivity index (χ0n) is 13.6. The van der Waals surface area contributed by atoms with Crippen molar-refractivity contribution in [1.82, 2.24) is 15.1 Å². The van der Waals surface area contributed by atoms with Crippen LogP contribution >= 0.6 is 0 Å². The molecule has 2 aromatic rings. The lowest BCUT2D eigenvalue weighted by atomic mass is 9.82. The first kappa shape index (κ1) is 15.1. The minimum atomic E-state index is -0.441. The van der Waals surface area contributed by atoms with Crippen LogP contribution in [0.25, 0.3) is 16.6 Å². The first-order chi connectivity index (χ1) is 11.7. The van der Waals surface area contributed by atoms with Crippen molar-refractivity contribution in [3.63, 3.8) is 0 Å². The van der Waals surface area contributed by atoms with Gasteiger partial charge in [-0.2, -0.15) is 5.10 Å². The van der Waals surface area contributed by atoms with Crippen LogP contribution in [0.3, 0.4) is 0 Å². The van der Waals surface area contributed by atoms with Gasteiger partial charge in [0, 0.05) is 11.6 Å². The molecule has 1 saturated heterocycles. The fraction of sp³-hybridized carbons (Fsp3) is 0.368. The van der Waals surface area contributed by atoms with Crippen molar-refractivity contribution in [2.75, 3.05) is 13.1 Å². The number of hydrogen-bond acceptors (Lipinski definition) is 3. The maximum absolute atomic E-state index is 11.6. The summed E-state index contributed by atoms with van der Waals surface area (Å²) in [4.78, 5) is 11.6. The largest absolute Gasteiger partial charge is 0.366 e. The third-order valence-electron chi connectivity index (χ3n) is 5.12. The van der Waals surface area contributed by atoms with Gasteiger partial charge in [-0.1, -0.05) is 24.3 Å². The molecular weight excluding hydrogens is 300 g/mol. The number of hydrogen-bond donors (Lipinski definition) is 2. The van der Waals surface area contributed by atoms with Gasteiger partial charge in [0.25, 0.3) is 5.91 Å². The van der Waals surface area contributed by atoms with Gasteiger partial charge >= 0.3 is 0 Å². The van der Waals surface area contributed by atoms with E-state index in [0.717, 1.165) is 36.5 Å². The summed E-state index contributed by atoms with van der Waals surface area (Å²) in [7, 11) is 0. The summed E-state index contributed by atoms with van der Waals surface area (Å²) in [6.07, 6.45) is 12.3. The molecule has 0 saturated carbocycles. The number of nitrogens with one attached hydrogen (secondary N) is 1. The van der Waals surface area contributed by atoms with Crippen LogP contribution in [-0.4, -0.2) is 28.8 Å². The van der Waals surface area contributed by atoms with Crippen molar-refractivity contribution < 1.29 is 4.79 Å². The number of carbonyl (C=O) groups is 1. The summed E-state index contributed by atoms with van der Waals surface area (Å²) in [6, 6.07) is 5.51. The molecule has 5 nitrogen and oxygen atoms in total. The molecule has 2 aliphatic rings. The number of nitrogens with two attached hydrogens (primary N) is 1. The van der Waals surface area contributed by atoms with Crippen LogP contribution in [0.1, 0.15) is 29.6 Å². The molecule has 2 atom stereocenters. The molecule has 1 aromatic carbocycles. The van der Waals surface area contributed by atoms with Crippen molar-refractivity contribution in [2.45, 2.75) is 19.3 Å². The zero-order valence-corrected chi connectivity index (χ0v) is 13.6. The van der Waals surface area contributed by atoms with E-state index < -0.39 is 5.91 Å². The molecule has 1 fully saturated rings. The standard InChI is InChI=1S/C19H22N4O/c20-19(24)17-5-1-3-15-12-23(22-18(15)17)16-8-6-13(7-9-16)14-4-2-10-21-11-14/h1,3,5-6,8-9,12-14,21H,2,4,7,10-11H2,(H2,20,24)/t13?,14-/m1/s1. The summed E-state index contributed by atoms with van der Waals surface area (Å²) in [5.74, 6) is 0.891. The third kappa shape index (κ3) is 2.76. The Labute approximate surface area is 141 Å². The number of piperidine rings is 1. The molecule has 24 heavy (non-hydrogen) atoms. The summed E-state index contributed by atoms with van der Waals surface area (Å²) in [6.45, 7) is 2.27. The smallest absolute Gasteiger partial charge is 0.250 e. The van der Waals surface area contributed by atoms with Crippen LogP contribution in [-0.2, 0) is 0 Å². The van der Waals surface area contributed by atoms with Crippen LogP contribution < -0.4 is 11.1 Å². The van der Waals surface area contributed by atoms with Gasteiger partial charge in [0.05, 0.1) is 11.3 Å². The van der Waals surface area contributed by atoms with Crippen molar-refractivity contribution in [3.05, 3.63) is 48.2 Å². The molecule has 5 heteroatoms. The number of carbonyl (C=O) groups excluding carboxylic acids is 1. The van der Waals surface area contributed by atoms with Gasteiger partial charge in [0.2, 0.25) is 0 Å². The molecule has 1 aromatic heterocycles. The Bertz CT molecular complexity index is 827. The van der Waals surface area contributed by atoms with E-state index >= 15 is 0 Å². The Morgan fingerprint density at radius 3 is 3.00 bits per heavy atom. The SMILES string of the molecule is NC(=O)c1cccc2cn(C3=CCC([C@@H]4CCCNC4)C=C3)nc12. The van der Waals surface area contributed by atoms with Gasteiger partial charge in [0.15, 0.2) is 0 Å². The highest BCUT2D eigenvalue weighted by Gasteiger charge is 2.23. The molecule has 2 heterocycles. The van der Waals surface area contributed by atoms with Gasteiger partial charge in [-0.15, -0.1) is 0 Å². The van der Waals surface area contributed by atoms with E-state index in [1.54, 1.807) is 6.07 Å². The second-order valence-electron chi connectivity index (χ2n) is 6.68. The highest BCUT2D eigenvalue weighted by atomic mass is 16.1. The highest BCUT2D eigenvalue weighted by molar-refractivity contribution is 6.04. The third-order valence-corrected chi connectivity index (χ3v) is 5.12. The molecule has 0 radical (unpaired) electrons. The lowest BCUT2D eigenvalue weighted by molar-refractivity contribution is 0.100. The van der Waals surface area contributed by atoms with E-state index in [4.69, 9.17) is 5.73 Å². The van der Waals surface area contributed by atoms with E-state index in [-0.39, 0.29) is 0 Å². The lowest BCUT2D eigenvalue weighted by Crippen LogP contribution is -2.33. The van der Waals surface area contributed by atoms with Gasteiger partial charge in [-0.25, -0.2) is 4.68 Å². The first-order valence-electron chi connectivity index (χ1n) is 8.60. The number of allylic oxidation sites excluding steroid dienone is 4. The minimum Gasteiger partial charge on any atom is -0.366 e. The Hall–Kier alpha value is -2.40. The number of fused-ring (bicyclic) bond motifs is 1. The normalized spacial score (nSPS) is 24.1.